The van der Waals surface area contributed by atoms with E-state index in [0.29, 0.717) is 13.2 Å². The number of nitrogens with zero attached hydrogens (tertiary/aromatic N) is 2. The van der Waals surface area contributed by atoms with Crippen molar-refractivity contribution in [3.8, 4) is 11.5 Å². The van der Waals surface area contributed by atoms with Gasteiger partial charge in [-0.3, -0.25) is 0 Å². The fourth-order valence-corrected chi connectivity index (χ4v) is 2.85. The van der Waals surface area contributed by atoms with Crippen LogP contribution in [-0.2, 0) is 6.42 Å². The quantitative estimate of drug-likeness (QED) is 0.737. The lowest BCUT2D eigenvalue weighted by Crippen LogP contribution is -2.44. The second kappa shape index (κ2) is 9.01. The summed E-state index contributed by atoms with van der Waals surface area (Å²) in [5, 5.41) is 0. The molecule has 0 aliphatic carbocycles. The van der Waals surface area contributed by atoms with Crippen molar-refractivity contribution in [2.45, 2.75) is 26.7 Å². The van der Waals surface area contributed by atoms with E-state index in [4.69, 9.17) is 9.47 Å². The number of rotatable bonds is 8. The summed E-state index contributed by atoms with van der Waals surface area (Å²) in [6, 6.07) is 6.23. The molecule has 124 valence electrons. The molecule has 1 fully saturated rings. The van der Waals surface area contributed by atoms with E-state index in [0.717, 1.165) is 17.9 Å². The highest BCUT2D eigenvalue weighted by Crippen LogP contribution is 2.26. The standard InChI is InChI=1S/C18H30N2O2/c1-4-21-17-9-8-16(18(15-17)22-5-2)7-6-10-20-13-11-19(3)12-14-20/h8-9,15H,4-7,10-14H2,1-3H3. The lowest BCUT2D eigenvalue weighted by molar-refractivity contribution is 0.153. The van der Waals surface area contributed by atoms with Crippen molar-refractivity contribution in [2.75, 3.05) is 53.0 Å². The van der Waals surface area contributed by atoms with Crippen molar-refractivity contribution in [3.05, 3.63) is 23.8 Å². The maximum Gasteiger partial charge on any atom is 0.126 e. The van der Waals surface area contributed by atoms with Crippen LogP contribution in [0.25, 0.3) is 0 Å². The van der Waals surface area contributed by atoms with Gasteiger partial charge in [0.25, 0.3) is 0 Å². The zero-order valence-corrected chi connectivity index (χ0v) is 14.3. The van der Waals surface area contributed by atoms with Gasteiger partial charge in [0.05, 0.1) is 13.2 Å². The Morgan fingerprint density at radius 1 is 1.00 bits per heavy atom. The Balaban J connectivity index is 1.85. The van der Waals surface area contributed by atoms with Gasteiger partial charge in [0.1, 0.15) is 11.5 Å². The second-order valence-electron chi connectivity index (χ2n) is 5.88. The maximum absolute atomic E-state index is 5.78. The summed E-state index contributed by atoms with van der Waals surface area (Å²) in [5.41, 5.74) is 1.29. The topological polar surface area (TPSA) is 24.9 Å². The van der Waals surface area contributed by atoms with Gasteiger partial charge >= 0.3 is 0 Å². The molecule has 0 bridgehead atoms. The van der Waals surface area contributed by atoms with Gasteiger partial charge in [-0.15, -0.1) is 0 Å². The third-order valence-corrected chi connectivity index (χ3v) is 4.17. The Hall–Kier alpha value is -1.26. The molecule has 1 aliphatic heterocycles. The number of hydrogen-bond donors (Lipinski definition) is 0. The molecule has 1 heterocycles. The van der Waals surface area contributed by atoms with Gasteiger partial charge in [0.2, 0.25) is 0 Å². The second-order valence-corrected chi connectivity index (χ2v) is 5.88. The molecule has 1 aliphatic rings. The predicted molar refractivity (Wildman–Crippen MR) is 91.0 cm³/mol. The highest BCUT2D eigenvalue weighted by molar-refractivity contribution is 5.40. The van der Waals surface area contributed by atoms with Crippen molar-refractivity contribution in [3.63, 3.8) is 0 Å². The molecule has 0 spiro atoms. The van der Waals surface area contributed by atoms with Gasteiger partial charge in [0, 0.05) is 32.2 Å². The van der Waals surface area contributed by atoms with Crippen molar-refractivity contribution >= 4 is 0 Å². The summed E-state index contributed by atoms with van der Waals surface area (Å²) in [6.45, 7) is 11.4. The van der Waals surface area contributed by atoms with E-state index in [1.54, 1.807) is 0 Å². The molecule has 4 heteroatoms. The van der Waals surface area contributed by atoms with Crippen LogP contribution in [0, 0.1) is 0 Å². The van der Waals surface area contributed by atoms with Gasteiger partial charge < -0.3 is 19.3 Å². The van der Waals surface area contributed by atoms with E-state index in [2.05, 4.69) is 29.0 Å². The SMILES string of the molecule is CCOc1ccc(CCCN2CCN(C)CC2)c(OCC)c1. The van der Waals surface area contributed by atoms with Gasteiger partial charge in [-0.1, -0.05) is 6.07 Å². The lowest BCUT2D eigenvalue weighted by Gasteiger charge is -2.32. The fraction of sp³-hybridized carbons (Fsp3) is 0.667. The van der Waals surface area contributed by atoms with Crippen LogP contribution in [-0.4, -0.2) is 62.8 Å². The van der Waals surface area contributed by atoms with Crippen molar-refractivity contribution < 1.29 is 9.47 Å². The van der Waals surface area contributed by atoms with Gasteiger partial charge in [-0.25, -0.2) is 0 Å². The normalized spacial score (nSPS) is 16.7. The molecule has 1 aromatic carbocycles. The molecule has 0 saturated carbocycles. The summed E-state index contributed by atoms with van der Waals surface area (Å²) >= 11 is 0. The average molecular weight is 306 g/mol. The highest BCUT2D eigenvalue weighted by Gasteiger charge is 2.13. The van der Waals surface area contributed by atoms with E-state index in [1.807, 2.05) is 19.9 Å². The molecule has 0 radical (unpaired) electrons. The minimum atomic E-state index is 0.689. The minimum Gasteiger partial charge on any atom is -0.494 e. The zero-order chi connectivity index (χ0) is 15.8. The Kier molecular flexibility index (Phi) is 7.00. The lowest BCUT2D eigenvalue weighted by atomic mass is 10.1. The molecule has 4 nitrogen and oxygen atoms in total. The number of ether oxygens (including phenoxy) is 2. The zero-order valence-electron chi connectivity index (χ0n) is 14.3. The van der Waals surface area contributed by atoms with Crippen LogP contribution in [0.5, 0.6) is 11.5 Å². The van der Waals surface area contributed by atoms with E-state index < -0.39 is 0 Å². The summed E-state index contributed by atoms with van der Waals surface area (Å²) < 4.78 is 11.3. The third-order valence-electron chi connectivity index (χ3n) is 4.17. The molecule has 0 N–H and O–H groups in total. The largest absolute Gasteiger partial charge is 0.494 e. The fourth-order valence-electron chi connectivity index (χ4n) is 2.85. The first-order chi connectivity index (χ1) is 10.7. The summed E-state index contributed by atoms with van der Waals surface area (Å²) in [7, 11) is 2.20. The first-order valence-electron chi connectivity index (χ1n) is 8.52. The van der Waals surface area contributed by atoms with Gasteiger partial charge in [0.15, 0.2) is 0 Å². The van der Waals surface area contributed by atoms with Gasteiger partial charge in [-0.2, -0.15) is 0 Å². The molecular weight excluding hydrogens is 276 g/mol. The van der Waals surface area contributed by atoms with Crippen LogP contribution in [0.4, 0.5) is 0 Å². The Morgan fingerprint density at radius 2 is 1.73 bits per heavy atom. The van der Waals surface area contributed by atoms with Crippen LogP contribution >= 0.6 is 0 Å². The average Bonchev–Trinajstić information content (AvgIpc) is 2.52. The third kappa shape index (κ3) is 5.18. The molecular formula is C18H30N2O2. The number of hydrogen-bond acceptors (Lipinski definition) is 4. The molecule has 1 aromatic rings. The summed E-state index contributed by atoms with van der Waals surface area (Å²) in [6.07, 6.45) is 2.24. The molecule has 22 heavy (non-hydrogen) atoms. The Labute approximate surface area is 135 Å². The van der Waals surface area contributed by atoms with Crippen LogP contribution in [0.3, 0.4) is 0 Å². The summed E-state index contributed by atoms with van der Waals surface area (Å²) in [4.78, 5) is 4.96. The van der Waals surface area contributed by atoms with E-state index in [1.165, 1.54) is 44.7 Å². The first kappa shape index (κ1) is 17.1. The summed E-state index contributed by atoms with van der Waals surface area (Å²) in [5.74, 6) is 1.88. The first-order valence-corrected chi connectivity index (χ1v) is 8.52. The molecule has 0 aromatic heterocycles. The smallest absolute Gasteiger partial charge is 0.126 e. The number of piperazine rings is 1. The number of likely N-dealkylation sites (N-methyl/N-ethyl adjacent to an activating group) is 1. The van der Waals surface area contributed by atoms with Crippen molar-refractivity contribution in [1.82, 2.24) is 9.80 Å². The Bertz CT molecular complexity index is 443. The molecule has 0 amide bonds. The van der Waals surface area contributed by atoms with E-state index in [9.17, 15) is 0 Å². The molecule has 0 unspecified atom stereocenters. The predicted octanol–water partition coefficient (Wildman–Crippen LogP) is 2.66. The number of benzene rings is 1. The van der Waals surface area contributed by atoms with Crippen LogP contribution in [0.15, 0.2) is 18.2 Å². The Morgan fingerprint density at radius 3 is 2.41 bits per heavy atom. The molecule has 1 saturated heterocycles. The van der Waals surface area contributed by atoms with E-state index >= 15 is 0 Å². The molecule has 0 atom stereocenters. The van der Waals surface area contributed by atoms with E-state index in [-0.39, 0.29) is 0 Å². The van der Waals surface area contributed by atoms with Crippen LogP contribution < -0.4 is 9.47 Å². The monoisotopic (exact) mass is 306 g/mol. The van der Waals surface area contributed by atoms with Crippen molar-refractivity contribution in [2.24, 2.45) is 0 Å². The van der Waals surface area contributed by atoms with Gasteiger partial charge in [-0.05, 0) is 51.9 Å². The van der Waals surface area contributed by atoms with Crippen LogP contribution in [0.2, 0.25) is 0 Å². The van der Waals surface area contributed by atoms with Crippen molar-refractivity contribution in [1.29, 1.82) is 0 Å². The molecule has 2 rings (SSSR count). The highest BCUT2D eigenvalue weighted by atomic mass is 16.5. The van der Waals surface area contributed by atoms with Crippen LogP contribution in [0.1, 0.15) is 25.8 Å². The minimum absolute atomic E-state index is 0.689. The maximum atomic E-state index is 5.78. The number of aryl methyl sites for hydroxylation is 1.